The van der Waals surface area contributed by atoms with Gasteiger partial charge >= 0.3 is 0 Å². The lowest BCUT2D eigenvalue weighted by Crippen LogP contribution is -2.33. The quantitative estimate of drug-likeness (QED) is 0.319. The Morgan fingerprint density at radius 1 is 1.00 bits per heavy atom. The predicted octanol–water partition coefficient (Wildman–Crippen LogP) is 4.43. The molecule has 3 fully saturated rings. The SMILES string of the molecule is O=C1C2C3C=CC(C3=C3CCCCC3)C2C(=O)N1c1ccc([N+](=O)[O-])c(Cl)c1. The minimum absolute atomic E-state index is 0.0121. The van der Waals surface area contributed by atoms with Gasteiger partial charge in [-0.1, -0.05) is 41.3 Å². The number of nitro groups is 1. The molecule has 4 atom stereocenters. The molecule has 1 heterocycles. The van der Waals surface area contributed by atoms with Crippen LogP contribution >= 0.6 is 11.6 Å². The maximum absolute atomic E-state index is 13.2. The van der Waals surface area contributed by atoms with Gasteiger partial charge in [-0.3, -0.25) is 19.7 Å². The van der Waals surface area contributed by atoms with Crippen LogP contribution in [-0.2, 0) is 9.59 Å². The van der Waals surface area contributed by atoms with Crippen LogP contribution in [0.15, 0.2) is 41.5 Å². The average Bonchev–Trinajstić information content (AvgIpc) is 3.32. The van der Waals surface area contributed by atoms with Gasteiger partial charge in [-0.15, -0.1) is 0 Å². The number of nitro benzene ring substituents is 1. The van der Waals surface area contributed by atoms with E-state index in [2.05, 4.69) is 12.2 Å². The van der Waals surface area contributed by atoms with Crippen LogP contribution in [0.5, 0.6) is 0 Å². The number of amides is 2. The zero-order valence-corrected chi connectivity index (χ0v) is 15.9. The molecule has 1 aliphatic heterocycles. The summed E-state index contributed by atoms with van der Waals surface area (Å²) in [6.45, 7) is 0. The summed E-state index contributed by atoms with van der Waals surface area (Å²) in [4.78, 5) is 38.0. The number of fused-ring (bicyclic) bond motifs is 5. The van der Waals surface area contributed by atoms with Crippen molar-refractivity contribution in [2.24, 2.45) is 23.7 Å². The number of hydrogen-bond acceptors (Lipinski definition) is 4. The van der Waals surface area contributed by atoms with Gasteiger partial charge in [0, 0.05) is 17.9 Å². The molecule has 0 aromatic heterocycles. The highest BCUT2D eigenvalue weighted by Gasteiger charge is 2.62. The number of benzene rings is 1. The van der Waals surface area contributed by atoms with E-state index in [1.165, 1.54) is 53.5 Å². The molecule has 4 aliphatic rings. The first-order valence-corrected chi connectivity index (χ1v) is 10.1. The van der Waals surface area contributed by atoms with E-state index in [0.717, 1.165) is 12.8 Å². The number of imide groups is 1. The fraction of sp³-hybridized carbons (Fsp3) is 0.429. The topological polar surface area (TPSA) is 80.5 Å². The number of nitrogens with zero attached hydrogens (tertiary/aromatic N) is 2. The molecule has 0 radical (unpaired) electrons. The van der Waals surface area contributed by atoms with Crippen LogP contribution in [0.2, 0.25) is 5.02 Å². The van der Waals surface area contributed by atoms with Gasteiger partial charge in [-0.05, 0) is 37.8 Å². The molecule has 144 valence electrons. The summed E-state index contributed by atoms with van der Waals surface area (Å²) in [6.07, 6.45) is 9.96. The molecule has 2 bridgehead atoms. The predicted molar refractivity (Wildman–Crippen MR) is 104 cm³/mol. The van der Waals surface area contributed by atoms with E-state index in [4.69, 9.17) is 11.6 Å². The highest BCUT2D eigenvalue weighted by atomic mass is 35.5. The van der Waals surface area contributed by atoms with Crippen molar-refractivity contribution < 1.29 is 14.5 Å². The van der Waals surface area contributed by atoms with Gasteiger partial charge in [0.05, 0.1) is 22.4 Å². The molecule has 1 saturated heterocycles. The van der Waals surface area contributed by atoms with Crippen LogP contribution in [0.3, 0.4) is 0 Å². The van der Waals surface area contributed by atoms with Crippen LogP contribution in [0.4, 0.5) is 11.4 Å². The number of hydrogen-bond donors (Lipinski definition) is 0. The molecule has 0 spiro atoms. The third-order valence-corrected chi connectivity index (χ3v) is 6.97. The molecule has 2 saturated carbocycles. The monoisotopic (exact) mass is 398 g/mol. The van der Waals surface area contributed by atoms with Crippen LogP contribution in [0.1, 0.15) is 32.1 Å². The standard InChI is InChI=1S/C21H19ClN2O4/c22-15-10-12(6-9-16(15)24(27)28)23-20(25)18-13-7-8-14(19(18)21(23)26)17(13)11-4-2-1-3-5-11/h6-10,13-14,18-19H,1-5H2. The van der Waals surface area contributed by atoms with Gasteiger partial charge in [0.15, 0.2) is 0 Å². The zero-order chi connectivity index (χ0) is 19.6. The molecule has 4 unspecified atom stereocenters. The van der Waals surface area contributed by atoms with Crippen molar-refractivity contribution in [2.75, 3.05) is 4.90 Å². The third-order valence-electron chi connectivity index (χ3n) is 6.67. The normalized spacial score (nSPS) is 31.1. The van der Waals surface area contributed by atoms with Crippen molar-refractivity contribution in [3.63, 3.8) is 0 Å². The Kier molecular flexibility index (Phi) is 3.95. The summed E-state index contributed by atoms with van der Waals surface area (Å²) >= 11 is 6.00. The van der Waals surface area contributed by atoms with Crippen molar-refractivity contribution in [1.29, 1.82) is 0 Å². The Hall–Kier alpha value is -2.47. The van der Waals surface area contributed by atoms with Gasteiger partial charge in [-0.25, -0.2) is 4.90 Å². The molecule has 28 heavy (non-hydrogen) atoms. The van der Waals surface area contributed by atoms with E-state index in [0.29, 0.717) is 5.69 Å². The van der Waals surface area contributed by atoms with E-state index in [1.807, 2.05) is 0 Å². The van der Waals surface area contributed by atoms with Gasteiger partial charge in [-0.2, -0.15) is 0 Å². The van der Waals surface area contributed by atoms with E-state index < -0.39 is 4.92 Å². The molecule has 6 nitrogen and oxygen atoms in total. The second-order valence-electron chi connectivity index (χ2n) is 8.01. The Bertz CT molecular complexity index is 941. The number of rotatable bonds is 2. The number of carbonyl (C=O) groups is 2. The minimum Gasteiger partial charge on any atom is -0.274 e. The molecular weight excluding hydrogens is 380 g/mol. The van der Waals surface area contributed by atoms with E-state index in [1.54, 1.807) is 0 Å². The summed E-state index contributed by atoms with van der Waals surface area (Å²) < 4.78 is 0. The number of halogens is 1. The zero-order valence-electron chi connectivity index (χ0n) is 15.1. The molecule has 0 N–H and O–H groups in total. The Morgan fingerprint density at radius 2 is 1.61 bits per heavy atom. The lowest BCUT2D eigenvalue weighted by molar-refractivity contribution is -0.384. The van der Waals surface area contributed by atoms with Crippen molar-refractivity contribution in [2.45, 2.75) is 32.1 Å². The summed E-state index contributed by atoms with van der Waals surface area (Å²) in [5, 5.41) is 10.9. The molecule has 2 amide bonds. The summed E-state index contributed by atoms with van der Waals surface area (Å²) in [5.41, 5.74) is 2.84. The first-order valence-electron chi connectivity index (χ1n) is 9.71. The first kappa shape index (κ1) is 17.6. The molecule has 1 aromatic carbocycles. The lowest BCUT2D eigenvalue weighted by atomic mass is 9.85. The van der Waals surface area contributed by atoms with E-state index in [-0.39, 0.29) is 46.2 Å². The molecule has 7 heteroatoms. The third kappa shape index (κ3) is 2.33. The lowest BCUT2D eigenvalue weighted by Gasteiger charge is -2.23. The van der Waals surface area contributed by atoms with E-state index in [9.17, 15) is 19.7 Å². The van der Waals surface area contributed by atoms with Crippen LogP contribution in [-0.4, -0.2) is 16.7 Å². The van der Waals surface area contributed by atoms with Crippen molar-refractivity contribution in [3.8, 4) is 0 Å². The van der Waals surface area contributed by atoms with Crippen molar-refractivity contribution >= 4 is 34.8 Å². The van der Waals surface area contributed by atoms with Gasteiger partial charge in [0.25, 0.3) is 5.69 Å². The smallest absolute Gasteiger partial charge is 0.274 e. The molecule has 5 rings (SSSR count). The van der Waals surface area contributed by atoms with Crippen LogP contribution in [0, 0.1) is 33.8 Å². The second-order valence-corrected chi connectivity index (χ2v) is 8.42. The van der Waals surface area contributed by atoms with Gasteiger partial charge in [0.1, 0.15) is 5.02 Å². The number of allylic oxidation sites excluding steroid dienone is 4. The van der Waals surface area contributed by atoms with Gasteiger partial charge in [0.2, 0.25) is 11.8 Å². The summed E-state index contributed by atoms with van der Waals surface area (Å²) in [6, 6.07) is 4.01. The fourth-order valence-electron chi connectivity index (χ4n) is 5.54. The summed E-state index contributed by atoms with van der Waals surface area (Å²) in [5.74, 6) is -1.13. The Balaban J connectivity index is 1.50. The summed E-state index contributed by atoms with van der Waals surface area (Å²) in [7, 11) is 0. The Morgan fingerprint density at radius 3 is 2.14 bits per heavy atom. The van der Waals surface area contributed by atoms with Gasteiger partial charge < -0.3 is 0 Å². The van der Waals surface area contributed by atoms with Crippen LogP contribution in [0.25, 0.3) is 0 Å². The minimum atomic E-state index is -0.582. The van der Waals surface area contributed by atoms with Crippen molar-refractivity contribution in [3.05, 3.63) is 56.6 Å². The Labute approximate surface area is 167 Å². The fourth-order valence-corrected chi connectivity index (χ4v) is 5.78. The molecular formula is C21H19ClN2O4. The molecule has 3 aliphatic carbocycles. The second kappa shape index (κ2) is 6.27. The van der Waals surface area contributed by atoms with Crippen LogP contribution < -0.4 is 4.90 Å². The molecule has 1 aromatic rings. The highest BCUT2D eigenvalue weighted by Crippen LogP contribution is 2.58. The maximum atomic E-state index is 13.2. The number of carbonyl (C=O) groups excluding carboxylic acids is 2. The first-order chi connectivity index (χ1) is 13.5. The number of anilines is 1. The average molecular weight is 399 g/mol. The largest absolute Gasteiger partial charge is 0.288 e. The van der Waals surface area contributed by atoms with E-state index >= 15 is 0 Å². The van der Waals surface area contributed by atoms with Crippen molar-refractivity contribution in [1.82, 2.24) is 0 Å². The highest BCUT2D eigenvalue weighted by molar-refractivity contribution is 6.33. The maximum Gasteiger partial charge on any atom is 0.288 e.